The molecule has 0 saturated carbocycles. The highest BCUT2D eigenvalue weighted by molar-refractivity contribution is 5.46. The molecule has 2 N–H and O–H groups in total. The molecule has 21 heavy (non-hydrogen) atoms. The highest BCUT2D eigenvalue weighted by Gasteiger charge is 2.14. The molecular weight excluding hydrogens is 258 g/mol. The van der Waals surface area contributed by atoms with Gasteiger partial charge in [-0.05, 0) is 31.4 Å². The van der Waals surface area contributed by atoms with Gasteiger partial charge in [-0.1, -0.05) is 64.0 Å². The molecule has 0 amide bonds. The van der Waals surface area contributed by atoms with Crippen LogP contribution >= 0.6 is 0 Å². The minimum absolute atomic E-state index is 0.0925. The van der Waals surface area contributed by atoms with Gasteiger partial charge >= 0.3 is 0 Å². The van der Waals surface area contributed by atoms with E-state index in [4.69, 9.17) is 10.5 Å². The van der Waals surface area contributed by atoms with E-state index in [1.807, 2.05) is 0 Å². The van der Waals surface area contributed by atoms with Crippen LogP contribution < -0.4 is 10.5 Å². The molecule has 0 saturated heterocycles. The number of methoxy groups -OCH3 is 1. The number of benzene rings is 1. The summed E-state index contributed by atoms with van der Waals surface area (Å²) in [6.07, 6.45) is 10.3. The summed E-state index contributed by atoms with van der Waals surface area (Å²) in [5.74, 6) is 0.977. The SMILES string of the molecule is CCCCCCCCCC(N)c1ccc(C)c(C)c1OC. The Morgan fingerprint density at radius 2 is 1.62 bits per heavy atom. The molecule has 1 unspecified atom stereocenters. The summed E-state index contributed by atoms with van der Waals surface area (Å²) in [6.45, 7) is 6.48. The lowest BCUT2D eigenvalue weighted by atomic mass is 9.96. The van der Waals surface area contributed by atoms with Crippen LogP contribution in [0.25, 0.3) is 0 Å². The molecule has 2 nitrogen and oxygen atoms in total. The fourth-order valence-corrected chi connectivity index (χ4v) is 2.85. The molecule has 0 aromatic heterocycles. The van der Waals surface area contributed by atoms with Crippen LogP contribution in [0, 0.1) is 13.8 Å². The Bertz CT molecular complexity index is 414. The van der Waals surface area contributed by atoms with E-state index in [1.165, 1.54) is 56.1 Å². The van der Waals surface area contributed by atoms with Gasteiger partial charge in [0, 0.05) is 11.6 Å². The van der Waals surface area contributed by atoms with Gasteiger partial charge in [0.25, 0.3) is 0 Å². The molecule has 0 spiro atoms. The van der Waals surface area contributed by atoms with Crippen molar-refractivity contribution in [3.8, 4) is 5.75 Å². The zero-order valence-corrected chi connectivity index (χ0v) is 14.4. The first-order valence-electron chi connectivity index (χ1n) is 8.51. The lowest BCUT2D eigenvalue weighted by Gasteiger charge is -2.18. The second-order valence-electron chi connectivity index (χ2n) is 6.15. The molecule has 0 fully saturated rings. The third-order valence-electron chi connectivity index (χ3n) is 4.43. The van der Waals surface area contributed by atoms with Gasteiger partial charge in [0.1, 0.15) is 5.75 Å². The van der Waals surface area contributed by atoms with E-state index in [-0.39, 0.29) is 6.04 Å². The van der Waals surface area contributed by atoms with Crippen LogP contribution in [0.2, 0.25) is 0 Å². The molecular formula is C19H33NO. The summed E-state index contributed by atoms with van der Waals surface area (Å²) >= 11 is 0. The average molecular weight is 291 g/mol. The highest BCUT2D eigenvalue weighted by Crippen LogP contribution is 2.32. The minimum Gasteiger partial charge on any atom is -0.496 e. The van der Waals surface area contributed by atoms with Crippen molar-refractivity contribution in [3.63, 3.8) is 0 Å². The predicted molar refractivity (Wildman–Crippen MR) is 92.0 cm³/mol. The molecule has 0 aliphatic rings. The van der Waals surface area contributed by atoms with E-state index in [2.05, 4.69) is 32.9 Å². The number of hydrogen-bond donors (Lipinski definition) is 1. The largest absolute Gasteiger partial charge is 0.496 e. The van der Waals surface area contributed by atoms with Gasteiger partial charge in [0.05, 0.1) is 7.11 Å². The first kappa shape index (κ1) is 18.0. The topological polar surface area (TPSA) is 35.2 Å². The average Bonchev–Trinajstić information content (AvgIpc) is 2.48. The van der Waals surface area contributed by atoms with Crippen molar-refractivity contribution >= 4 is 0 Å². The van der Waals surface area contributed by atoms with Crippen molar-refractivity contribution in [3.05, 3.63) is 28.8 Å². The summed E-state index contributed by atoms with van der Waals surface area (Å²) in [4.78, 5) is 0. The van der Waals surface area contributed by atoms with E-state index < -0.39 is 0 Å². The molecule has 1 aromatic rings. The maximum Gasteiger partial charge on any atom is 0.126 e. The number of ether oxygens (including phenoxy) is 1. The van der Waals surface area contributed by atoms with Crippen LogP contribution in [-0.4, -0.2) is 7.11 Å². The minimum atomic E-state index is 0.0925. The van der Waals surface area contributed by atoms with Crippen molar-refractivity contribution in [1.82, 2.24) is 0 Å². The lowest BCUT2D eigenvalue weighted by molar-refractivity contribution is 0.399. The molecule has 1 atom stereocenters. The van der Waals surface area contributed by atoms with Gasteiger partial charge in [-0.2, -0.15) is 0 Å². The zero-order valence-electron chi connectivity index (χ0n) is 14.4. The lowest BCUT2D eigenvalue weighted by Crippen LogP contribution is -2.12. The first-order chi connectivity index (χ1) is 10.1. The Balaban J connectivity index is 2.42. The predicted octanol–water partition coefficient (Wildman–Crippen LogP) is 5.45. The Morgan fingerprint density at radius 3 is 2.24 bits per heavy atom. The van der Waals surface area contributed by atoms with Gasteiger partial charge in [0.2, 0.25) is 0 Å². The zero-order chi connectivity index (χ0) is 15.7. The second-order valence-corrected chi connectivity index (χ2v) is 6.15. The number of hydrogen-bond acceptors (Lipinski definition) is 2. The molecule has 0 aliphatic carbocycles. The van der Waals surface area contributed by atoms with Gasteiger partial charge < -0.3 is 10.5 Å². The number of aryl methyl sites for hydroxylation is 1. The van der Waals surface area contributed by atoms with Crippen LogP contribution in [0.15, 0.2) is 12.1 Å². The van der Waals surface area contributed by atoms with E-state index >= 15 is 0 Å². The van der Waals surface area contributed by atoms with Crippen LogP contribution in [0.4, 0.5) is 0 Å². The van der Waals surface area contributed by atoms with Crippen LogP contribution in [-0.2, 0) is 0 Å². The highest BCUT2D eigenvalue weighted by atomic mass is 16.5. The van der Waals surface area contributed by atoms with Crippen LogP contribution in [0.3, 0.4) is 0 Å². The van der Waals surface area contributed by atoms with Gasteiger partial charge in [-0.25, -0.2) is 0 Å². The fourth-order valence-electron chi connectivity index (χ4n) is 2.85. The molecule has 1 aromatic carbocycles. The van der Waals surface area contributed by atoms with E-state index in [9.17, 15) is 0 Å². The van der Waals surface area contributed by atoms with E-state index in [0.717, 1.165) is 17.7 Å². The van der Waals surface area contributed by atoms with Crippen molar-refractivity contribution in [1.29, 1.82) is 0 Å². The van der Waals surface area contributed by atoms with Gasteiger partial charge in [-0.15, -0.1) is 0 Å². The summed E-state index contributed by atoms with van der Waals surface area (Å²) in [7, 11) is 1.74. The Kier molecular flexibility index (Phi) is 8.44. The quantitative estimate of drug-likeness (QED) is 0.581. The summed E-state index contributed by atoms with van der Waals surface area (Å²) < 4.78 is 5.57. The van der Waals surface area contributed by atoms with Crippen LogP contribution in [0.1, 0.15) is 81.0 Å². The number of rotatable bonds is 10. The van der Waals surface area contributed by atoms with Crippen molar-refractivity contribution in [2.75, 3.05) is 7.11 Å². The summed E-state index contributed by atoms with van der Waals surface area (Å²) in [6, 6.07) is 4.38. The van der Waals surface area contributed by atoms with Crippen molar-refractivity contribution in [2.45, 2.75) is 78.2 Å². The number of unbranched alkanes of at least 4 members (excludes halogenated alkanes) is 6. The van der Waals surface area contributed by atoms with Crippen molar-refractivity contribution < 1.29 is 4.74 Å². The Hall–Kier alpha value is -1.02. The second kappa shape index (κ2) is 9.83. The Labute approximate surface area is 131 Å². The number of nitrogens with two attached hydrogens (primary N) is 1. The molecule has 0 radical (unpaired) electrons. The van der Waals surface area contributed by atoms with E-state index in [0.29, 0.717) is 0 Å². The van der Waals surface area contributed by atoms with E-state index in [1.54, 1.807) is 7.11 Å². The standard InChI is InChI=1S/C19H33NO/c1-5-6-7-8-9-10-11-12-18(20)17-14-13-15(2)16(3)19(17)21-4/h13-14,18H,5-12,20H2,1-4H3. The van der Waals surface area contributed by atoms with Gasteiger partial charge in [0.15, 0.2) is 0 Å². The maximum atomic E-state index is 6.37. The first-order valence-corrected chi connectivity index (χ1v) is 8.51. The molecule has 0 bridgehead atoms. The molecule has 1 rings (SSSR count). The van der Waals surface area contributed by atoms with Crippen molar-refractivity contribution in [2.24, 2.45) is 5.73 Å². The fraction of sp³-hybridized carbons (Fsp3) is 0.684. The maximum absolute atomic E-state index is 6.37. The molecule has 0 aliphatic heterocycles. The molecule has 2 heteroatoms. The summed E-state index contributed by atoms with van der Waals surface area (Å²) in [5.41, 5.74) is 10.0. The summed E-state index contributed by atoms with van der Waals surface area (Å²) in [5, 5.41) is 0. The monoisotopic (exact) mass is 291 g/mol. The van der Waals surface area contributed by atoms with Gasteiger partial charge in [-0.3, -0.25) is 0 Å². The smallest absolute Gasteiger partial charge is 0.126 e. The molecule has 120 valence electrons. The van der Waals surface area contributed by atoms with Crippen LogP contribution in [0.5, 0.6) is 5.75 Å². The normalized spacial score (nSPS) is 12.4. The third kappa shape index (κ3) is 5.70. The third-order valence-corrected chi connectivity index (χ3v) is 4.43. The Morgan fingerprint density at radius 1 is 1.00 bits per heavy atom. The molecule has 0 heterocycles.